The quantitative estimate of drug-likeness (QED) is 0.332. The molecule has 4 nitrogen and oxygen atoms in total. The molecule has 0 bridgehead atoms. The first kappa shape index (κ1) is 19.5. The molecule has 24 heavy (non-hydrogen) atoms. The van der Waals surface area contributed by atoms with E-state index in [1.165, 1.54) is 6.08 Å². The predicted octanol–water partition coefficient (Wildman–Crippen LogP) is 3.59. The molecule has 1 rings (SSSR count). The number of ether oxygens (including phenoxy) is 2. The Morgan fingerprint density at radius 3 is 2.33 bits per heavy atom. The lowest BCUT2D eigenvalue weighted by Gasteiger charge is -2.20. The molecule has 0 aliphatic rings. The molecule has 1 aromatic carbocycles. The summed E-state index contributed by atoms with van der Waals surface area (Å²) in [6, 6.07) is 7.52. The molecule has 128 valence electrons. The van der Waals surface area contributed by atoms with Crippen LogP contribution in [0.25, 0.3) is 6.08 Å². The highest BCUT2D eigenvalue weighted by molar-refractivity contribution is 5.87. The van der Waals surface area contributed by atoms with Gasteiger partial charge >= 0.3 is 11.9 Å². The molecule has 0 amide bonds. The van der Waals surface area contributed by atoms with Gasteiger partial charge in [-0.05, 0) is 51.0 Å². The number of hydrogen-bond acceptors (Lipinski definition) is 4. The van der Waals surface area contributed by atoms with E-state index < -0.39 is 11.4 Å². The lowest BCUT2D eigenvalue weighted by molar-refractivity contribution is -0.157. The van der Waals surface area contributed by atoms with E-state index in [0.717, 1.165) is 11.1 Å². The fourth-order valence-electron chi connectivity index (χ4n) is 1.65. The Morgan fingerprint density at radius 1 is 1.12 bits per heavy atom. The third kappa shape index (κ3) is 6.70. The number of hydrogen-bond donors (Lipinski definition) is 0. The first-order valence-corrected chi connectivity index (χ1v) is 7.94. The second-order valence-electron chi connectivity index (χ2n) is 5.87. The van der Waals surface area contributed by atoms with Crippen LogP contribution in [0.3, 0.4) is 0 Å². The van der Waals surface area contributed by atoms with E-state index in [4.69, 9.17) is 9.47 Å². The van der Waals surface area contributed by atoms with Gasteiger partial charge in [-0.2, -0.15) is 0 Å². The van der Waals surface area contributed by atoms with Crippen molar-refractivity contribution in [2.45, 2.75) is 34.1 Å². The summed E-state index contributed by atoms with van der Waals surface area (Å²) in [7, 11) is 0. The maximum Gasteiger partial charge on any atom is 0.330 e. The highest BCUT2D eigenvalue weighted by atomic mass is 16.6. The second kappa shape index (κ2) is 9.57. The van der Waals surface area contributed by atoms with E-state index in [1.54, 1.807) is 13.0 Å². The van der Waals surface area contributed by atoms with Crippen molar-refractivity contribution in [3.8, 4) is 11.8 Å². The van der Waals surface area contributed by atoms with Gasteiger partial charge in [-0.1, -0.05) is 25.0 Å². The van der Waals surface area contributed by atoms with Gasteiger partial charge in [0.2, 0.25) is 0 Å². The van der Waals surface area contributed by atoms with Crippen LogP contribution in [0.15, 0.2) is 30.3 Å². The monoisotopic (exact) mass is 328 g/mol. The van der Waals surface area contributed by atoms with Crippen LogP contribution in [0.4, 0.5) is 0 Å². The Balaban J connectivity index is 2.35. The van der Waals surface area contributed by atoms with Crippen LogP contribution < -0.4 is 0 Å². The first-order valence-electron chi connectivity index (χ1n) is 7.94. The lowest BCUT2D eigenvalue weighted by atomic mass is 9.91. The van der Waals surface area contributed by atoms with Crippen LogP contribution in [0.5, 0.6) is 0 Å². The van der Waals surface area contributed by atoms with E-state index in [2.05, 4.69) is 11.8 Å². The van der Waals surface area contributed by atoms with Crippen molar-refractivity contribution < 1.29 is 19.1 Å². The van der Waals surface area contributed by atoms with Crippen LogP contribution in [-0.2, 0) is 19.1 Å². The Morgan fingerprint density at radius 2 is 1.75 bits per heavy atom. The van der Waals surface area contributed by atoms with E-state index in [0.29, 0.717) is 6.42 Å². The van der Waals surface area contributed by atoms with Crippen molar-refractivity contribution in [2.24, 2.45) is 5.41 Å². The number of rotatable bonds is 7. The molecule has 0 N–H and O–H groups in total. The fourth-order valence-corrected chi connectivity index (χ4v) is 1.65. The van der Waals surface area contributed by atoms with Crippen LogP contribution in [-0.4, -0.2) is 25.2 Å². The largest absolute Gasteiger partial charge is 0.462 e. The zero-order chi connectivity index (χ0) is 18.0. The average molecular weight is 328 g/mol. The molecule has 0 spiro atoms. The summed E-state index contributed by atoms with van der Waals surface area (Å²) in [5.41, 5.74) is 1.29. The van der Waals surface area contributed by atoms with Crippen molar-refractivity contribution in [1.82, 2.24) is 0 Å². The number of carbonyl (C=O) groups excluding carboxylic acids is 2. The molecule has 4 heteroatoms. The molecule has 0 aliphatic carbocycles. The lowest BCUT2D eigenvalue weighted by Crippen LogP contribution is -2.27. The molecular weight excluding hydrogens is 304 g/mol. The zero-order valence-corrected chi connectivity index (χ0v) is 14.7. The third-order valence-electron chi connectivity index (χ3n) is 3.59. The summed E-state index contributed by atoms with van der Waals surface area (Å²) < 4.78 is 10.1. The molecule has 0 saturated carbocycles. The molecule has 0 saturated heterocycles. The van der Waals surface area contributed by atoms with Crippen LogP contribution in [0.1, 0.15) is 45.2 Å². The third-order valence-corrected chi connectivity index (χ3v) is 3.59. The van der Waals surface area contributed by atoms with Crippen LogP contribution in [0.2, 0.25) is 0 Å². The molecular formula is C20H24O4. The Hall–Kier alpha value is -2.54. The molecule has 0 unspecified atom stereocenters. The van der Waals surface area contributed by atoms with Crippen LogP contribution in [0, 0.1) is 17.3 Å². The smallest absolute Gasteiger partial charge is 0.330 e. The van der Waals surface area contributed by atoms with Gasteiger partial charge < -0.3 is 9.47 Å². The molecule has 0 heterocycles. The van der Waals surface area contributed by atoms with Crippen molar-refractivity contribution in [3.05, 3.63) is 41.5 Å². The van der Waals surface area contributed by atoms with E-state index in [1.807, 2.05) is 45.0 Å². The summed E-state index contributed by atoms with van der Waals surface area (Å²) in [6.45, 7) is 7.45. The second-order valence-corrected chi connectivity index (χ2v) is 5.87. The van der Waals surface area contributed by atoms with Gasteiger partial charge in [0.15, 0.2) is 0 Å². The molecule has 1 aromatic rings. The normalized spacial score (nSPS) is 10.8. The van der Waals surface area contributed by atoms with Gasteiger partial charge in [0.05, 0.1) is 5.41 Å². The maximum absolute atomic E-state index is 11.7. The molecule has 0 radical (unpaired) electrons. The summed E-state index contributed by atoms with van der Waals surface area (Å²) in [5.74, 6) is 5.02. The number of benzene rings is 1. The van der Waals surface area contributed by atoms with Gasteiger partial charge in [-0.3, -0.25) is 4.79 Å². The minimum Gasteiger partial charge on any atom is -0.462 e. The van der Waals surface area contributed by atoms with Gasteiger partial charge in [-0.25, -0.2) is 4.79 Å². The van der Waals surface area contributed by atoms with Crippen molar-refractivity contribution in [3.63, 3.8) is 0 Å². The Labute approximate surface area is 143 Å². The number of carbonyl (C=O) groups is 2. The van der Waals surface area contributed by atoms with Gasteiger partial charge in [0, 0.05) is 11.6 Å². The fraction of sp³-hybridized carbons (Fsp3) is 0.400. The summed E-state index contributed by atoms with van der Waals surface area (Å²) in [4.78, 5) is 23.4. The van der Waals surface area contributed by atoms with Crippen molar-refractivity contribution >= 4 is 18.0 Å². The highest BCUT2D eigenvalue weighted by Gasteiger charge is 2.26. The standard InChI is InChI=1S/C20H24O4/c1-5-7-16-8-10-17(11-9-16)12-13-18(21)23-14-15-24-19(22)20(3,4)6-2/h8-13H,6,14-15H2,1-4H3/b13-12+. The molecule has 0 aliphatic heterocycles. The molecule has 0 aromatic heterocycles. The first-order chi connectivity index (χ1) is 11.4. The minimum absolute atomic E-state index is 0.0414. The van der Waals surface area contributed by atoms with Gasteiger partial charge in [0.25, 0.3) is 0 Å². The summed E-state index contributed by atoms with van der Waals surface area (Å²) >= 11 is 0. The summed E-state index contributed by atoms with van der Waals surface area (Å²) in [6.07, 6.45) is 3.70. The topological polar surface area (TPSA) is 52.6 Å². The molecule has 0 fully saturated rings. The summed E-state index contributed by atoms with van der Waals surface area (Å²) in [5, 5.41) is 0. The Bertz CT molecular complexity index is 642. The van der Waals surface area contributed by atoms with E-state index in [9.17, 15) is 9.59 Å². The van der Waals surface area contributed by atoms with Crippen molar-refractivity contribution in [1.29, 1.82) is 0 Å². The van der Waals surface area contributed by atoms with E-state index in [-0.39, 0.29) is 19.2 Å². The van der Waals surface area contributed by atoms with E-state index >= 15 is 0 Å². The van der Waals surface area contributed by atoms with Gasteiger partial charge in [0.1, 0.15) is 13.2 Å². The molecule has 0 atom stereocenters. The van der Waals surface area contributed by atoms with Gasteiger partial charge in [-0.15, -0.1) is 5.92 Å². The van der Waals surface area contributed by atoms with Crippen molar-refractivity contribution in [2.75, 3.05) is 13.2 Å². The maximum atomic E-state index is 11.7. The zero-order valence-electron chi connectivity index (χ0n) is 14.7. The average Bonchev–Trinajstić information content (AvgIpc) is 2.58. The van der Waals surface area contributed by atoms with Crippen LogP contribution >= 0.6 is 0 Å². The SMILES string of the molecule is CC#Cc1ccc(/C=C/C(=O)OCCOC(=O)C(C)(C)CC)cc1. The minimum atomic E-state index is -0.516. The predicted molar refractivity (Wildman–Crippen MR) is 94.0 cm³/mol. The number of esters is 2. The highest BCUT2D eigenvalue weighted by Crippen LogP contribution is 2.21. The Kier molecular flexibility index (Phi) is 7.77.